The van der Waals surface area contributed by atoms with Gasteiger partial charge in [0.15, 0.2) is 16.3 Å². The number of hydrogen-bond donors (Lipinski definition) is 0. The number of aromatic nitrogens is 1. The minimum Gasteiger partial charge on any atom is -0.741 e. The zero-order valence-electron chi connectivity index (χ0n) is 16.2. The number of fused-ring (bicyclic) bond motifs is 2. The zero-order chi connectivity index (χ0) is 22.8. The lowest BCUT2D eigenvalue weighted by atomic mass is 9.92. The highest BCUT2D eigenvalue weighted by Crippen LogP contribution is 2.36. The summed E-state index contributed by atoms with van der Waals surface area (Å²) in [6.45, 7) is 2.57. The van der Waals surface area contributed by atoms with E-state index in [1.165, 1.54) is 10.8 Å². The highest BCUT2D eigenvalue weighted by molar-refractivity contribution is 7.86. The van der Waals surface area contributed by atoms with Crippen LogP contribution >= 0.6 is 0 Å². The molecule has 0 saturated heterocycles. The quantitative estimate of drug-likeness (QED) is 0.106. The van der Waals surface area contributed by atoms with Gasteiger partial charge in [0, 0.05) is 6.07 Å². The van der Waals surface area contributed by atoms with Crippen LogP contribution in [0.4, 0.5) is 17.6 Å². The van der Waals surface area contributed by atoms with Gasteiger partial charge in [0.2, 0.25) is 0 Å². The fourth-order valence-corrected chi connectivity index (χ4v) is 3.24. The van der Waals surface area contributed by atoms with Crippen LogP contribution in [0, 0.1) is 5.95 Å². The molecule has 1 heterocycles. The topological polar surface area (TPSA) is 61.1 Å². The minimum atomic E-state index is -6.09. The molecular formula is C22H17F4NO3S. The molecule has 0 spiro atoms. The van der Waals surface area contributed by atoms with E-state index in [-0.39, 0.29) is 5.95 Å². The lowest BCUT2D eigenvalue weighted by Gasteiger charge is -2.11. The van der Waals surface area contributed by atoms with Gasteiger partial charge in [0.25, 0.3) is 0 Å². The lowest BCUT2D eigenvalue weighted by Crippen LogP contribution is -2.36. The molecule has 0 saturated carbocycles. The Bertz CT molecular complexity index is 1300. The minimum absolute atomic E-state index is 0.206. The van der Waals surface area contributed by atoms with Gasteiger partial charge in [-0.15, -0.1) is 4.39 Å². The molecule has 0 N–H and O–H groups in total. The van der Waals surface area contributed by atoms with Crippen LogP contribution in [-0.2, 0) is 16.7 Å². The second-order valence-electron chi connectivity index (χ2n) is 6.62. The maximum atomic E-state index is 14.3. The summed E-state index contributed by atoms with van der Waals surface area (Å²) in [5, 5.41) is 4.65. The number of alkyl halides is 3. The van der Waals surface area contributed by atoms with Crippen LogP contribution in [0.3, 0.4) is 0 Å². The maximum absolute atomic E-state index is 14.3. The molecule has 0 radical (unpaired) electrons. The molecule has 9 heteroatoms. The Kier molecular flexibility index (Phi) is 6.28. The van der Waals surface area contributed by atoms with E-state index in [9.17, 15) is 17.6 Å². The first-order valence-electron chi connectivity index (χ1n) is 9.15. The summed E-state index contributed by atoms with van der Waals surface area (Å²) >= 11 is 0. The van der Waals surface area contributed by atoms with Gasteiger partial charge in [-0.2, -0.15) is 17.7 Å². The molecule has 0 aliphatic rings. The Morgan fingerprint density at radius 2 is 1.39 bits per heavy atom. The van der Waals surface area contributed by atoms with Crippen molar-refractivity contribution in [2.75, 3.05) is 0 Å². The molecule has 0 atom stereocenters. The molecule has 0 unspecified atom stereocenters. The van der Waals surface area contributed by atoms with Crippen molar-refractivity contribution in [3.05, 3.63) is 78.9 Å². The average molecular weight is 451 g/mol. The Hall–Kier alpha value is -3.04. The molecule has 0 bridgehead atoms. The second-order valence-corrected chi connectivity index (χ2v) is 7.99. The van der Waals surface area contributed by atoms with E-state index >= 15 is 0 Å². The molecule has 0 aliphatic heterocycles. The van der Waals surface area contributed by atoms with Crippen LogP contribution in [0.15, 0.2) is 72.9 Å². The maximum Gasteiger partial charge on any atom is 0.485 e. The van der Waals surface area contributed by atoms with E-state index in [0.717, 1.165) is 21.9 Å². The van der Waals surface area contributed by atoms with Crippen LogP contribution in [0.2, 0.25) is 0 Å². The van der Waals surface area contributed by atoms with E-state index in [1.807, 2.05) is 43.5 Å². The van der Waals surface area contributed by atoms with E-state index in [0.29, 0.717) is 6.54 Å². The standard InChI is InChI=1S/C21H17FN.CHF3O3S/c1-2-23-12-11-17(14-20(23)22)21-18-9-5-3-7-15(18)13-16-8-4-6-10-19(16)21;2-1(3,4)8(5,6)7/h3-14H,2H2,1H3;(H,5,6,7)/q+1;/p-1. The molecule has 4 aromatic rings. The summed E-state index contributed by atoms with van der Waals surface area (Å²) in [4.78, 5) is 0. The molecule has 4 nitrogen and oxygen atoms in total. The number of nitrogens with zero attached hydrogens (tertiary/aromatic N) is 1. The van der Waals surface area contributed by atoms with Gasteiger partial charge in [0.1, 0.15) is 6.54 Å². The van der Waals surface area contributed by atoms with Gasteiger partial charge in [-0.05, 0) is 45.7 Å². The Balaban J connectivity index is 0.000000293. The van der Waals surface area contributed by atoms with Crippen LogP contribution in [0.5, 0.6) is 0 Å². The number of benzene rings is 3. The van der Waals surface area contributed by atoms with Crippen molar-refractivity contribution >= 4 is 31.7 Å². The summed E-state index contributed by atoms with van der Waals surface area (Å²) in [7, 11) is -6.09. The average Bonchev–Trinajstić information content (AvgIpc) is 2.71. The molecule has 4 rings (SSSR count). The summed E-state index contributed by atoms with van der Waals surface area (Å²) in [6, 6.07) is 22.4. The zero-order valence-corrected chi connectivity index (χ0v) is 17.0. The predicted molar refractivity (Wildman–Crippen MR) is 108 cm³/mol. The Morgan fingerprint density at radius 3 is 1.81 bits per heavy atom. The van der Waals surface area contributed by atoms with E-state index in [4.69, 9.17) is 13.0 Å². The Labute approximate surface area is 176 Å². The highest BCUT2D eigenvalue weighted by atomic mass is 32.2. The fraction of sp³-hybridized carbons (Fsp3) is 0.136. The van der Waals surface area contributed by atoms with Gasteiger partial charge in [-0.3, -0.25) is 0 Å². The number of halogens is 4. The molecule has 1 aromatic heterocycles. The van der Waals surface area contributed by atoms with E-state index in [1.54, 1.807) is 10.6 Å². The first-order chi connectivity index (χ1) is 14.5. The summed E-state index contributed by atoms with van der Waals surface area (Å²) in [5.41, 5.74) is -3.63. The molecule has 0 aliphatic carbocycles. The van der Waals surface area contributed by atoms with Crippen molar-refractivity contribution in [1.82, 2.24) is 0 Å². The summed E-state index contributed by atoms with van der Waals surface area (Å²) in [5.74, 6) is -0.206. The van der Waals surface area contributed by atoms with Crippen LogP contribution in [0.1, 0.15) is 6.92 Å². The van der Waals surface area contributed by atoms with Crippen LogP contribution < -0.4 is 4.57 Å². The Morgan fingerprint density at radius 1 is 0.903 bits per heavy atom. The number of hydrogen-bond acceptors (Lipinski definition) is 3. The smallest absolute Gasteiger partial charge is 0.485 e. The highest BCUT2D eigenvalue weighted by Gasteiger charge is 2.36. The number of rotatable bonds is 2. The van der Waals surface area contributed by atoms with Crippen molar-refractivity contribution < 1.29 is 35.1 Å². The largest absolute Gasteiger partial charge is 0.741 e. The second kappa shape index (κ2) is 8.60. The molecule has 31 heavy (non-hydrogen) atoms. The van der Waals surface area contributed by atoms with Gasteiger partial charge in [-0.25, -0.2) is 8.42 Å². The third-order valence-corrected chi connectivity index (χ3v) is 5.23. The summed E-state index contributed by atoms with van der Waals surface area (Å²) in [6.07, 6.45) is 1.82. The fourth-order valence-electron chi connectivity index (χ4n) is 3.24. The molecule has 162 valence electrons. The normalized spacial score (nSPS) is 11.9. The van der Waals surface area contributed by atoms with Crippen molar-refractivity contribution in [2.24, 2.45) is 0 Å². The van der Waals surface area contributed by atoms with Crippen LogP contribution in [0.25, 0.3) is 32.7 Å². The van der Waals surface area contributed by atoms with E-state index < -0.39 is 15.6 Å². The first kappa shape index (κ1) is 22.6. The van der Waals surface area contributed by atoms with Crippen molar-refractivity contribution in [2.45, 2.75) is 19.0 Å². The molecule has 0 fully saturated rings. The van der Waals surface area contributed by atoms with Gasteiger partial charge < -0.3 is 4.55 Å². The van der Waals surface area contributed by atoms with E-state index in [2.05, 4.69) is 30.3 Å². The van der Waals surface area contributed by atoms with Crippen molar-refractivity contribution in [3.8, 4) is 11.1 Å². The number of pyridine rings is 1. The van der Waals surface area contributed by atoms with Gasteiger partial charge in [0.05, 0.1) is 6.07 Å². The third-order valence-electron chi connectivity index (χ3n) is 4.67. The SMILES string of the molecule is CC[n+]1ccc(-c2c3ccccc3cc3ccccc23)cc1F.O=S(=O)([O-])C(F)(F)F. The monoisotopic (exact) mass is 451 g/mol. The van der Waals surface area contributed by atoms with Crippen molar-refractivity contribution in [1.29, 1.82) is 0 Å². The van der Waals surface area contributed by atoms with Gasteiger partial charge >= 0.3 is 11.5 Å². The van der Waals surface area contributed by atoms with Gasteiger partial charge in [-0.1, -0.05) is 48.5 Å². The third kappa shape index (κ3) is 4.83. The molecular weight excluding hydrogens is 434 g/mol. The molecule has 3 aromatic carbocycles. The lowest BCUT2D eigenvalue weighted by molar-refractivity contribution is -0.720. The predicted octanol–water partition coefficient (Wildman–Crippen LogP) is 5.16. The first-order valence-corrected chi connectivity index (χ1v) is 10.6. The molecule has 0 amide bonds. The van der Waals surface area contributed by atoms with Crippen molar-refractivity contribution in [3.63, 3.8) is 0 Å². The van der Waals surface area contributed by atoms with Crippen LogP contribution in [-0.4, -0.2) is 18.5 Å². The number of aryl methyl sites for hydroxylation is 1. The summed E-state index contributed by atoms with van der Waals surface area (Å²) < 4.78 is 74.8.